The van der Waals surface area contributed by atoms with Gasteiger partial charge in [0.2, 0.25) is 5.91 Å². The number of amides is 2. The Morgan fingerprint density at radius 3 is 2.20 bits per heavy atom. The average Bonchev–Trinajstić information content (AvgIpc) is 3.39. The molecule has 4 aromatic rings. The number of phenolic OH excluding ortho intramolecular Hbond substituents is 2. The van der Waals surface area contributed by atoms with Crippen LogP contribution in [0.4, 0.5) is 0 Å². The molecule has 1 atom stereocenters. The van der Waals surface area contributed by atoms with Crippen LogP contribution in [0.3, 0.4) is 0 Å². The number of carbonyl (C=O) groups is 3. The maximum Gasteiger partial charge on any atom is 0.340 e. The van der Waals surface area contributed by atoms with Crippen molar-refractivity contribution in [3.63, 3.8) is 0 Å². The van der Waals surface area contributed by atoms with Gasteiger partial charge in [-0.25, -0.2) is 4.79 Å². The molecule has 0 radical (unpaired) electrons. The van der Waals surface area contributed by atoms with E-state index in [0.717, 1.165) is 5.56 Å². The molecule has 6 rings (SSSR count). The number of carbonyl (C=O) groups excluding carboxylic acids is 3. The number of aromatic hydroxyl groups is 2. The van der Waals surface area contributed by atoms with Crippen LogP contribution in [0.15, 0.2) is 91.0 Å². The smallest absolute Gasteiger partial charge is 0.340 e. The van der Waals surface area contributed by atoms with E-state index < -0.39 is 11.6 Å². The lowest BCUT2D eigenvalue weighted by atomic mass is 9.77. The normalized spacial score (nSPS) is 15.6. The van der Waals surface area contributed by atoms with Gasteiger partial charge in [0, 0.05) is 48.0 Å². The van der Waals surface area contributed by atoms with Crippen molar-refractivity contribution < 1.29 is 48.3 Å². The molecule has 0 fully saturated rings. The van der Waals surface area contributed by atoms with Crippen LogP contribution in [-0.2, 0) is 29.4 Å². The summed E-state index contributed by atoms with van der Waals surface area (Å²) in [4.78, 5) is 37.2. The molecule has 12 nitrogen and oxygen atoms in total. The Kier molecular flexibility index (Phi) is 10.1. The Balaban J connectivity index is 0.910. The first kappa shape index (κ1) is 33.1. The second-order valence-corrected chi connectivity index (χ2v) is 11.1. The Bertz CT molecular complexity index is 1870. The quantitative estimate of drug-likeness (QED) is 0.0879. The van der Waals surface area contributed by atoms with Gasteiger partial charge in [0.05, 0.1) is 32.0 Å². The summed E-state index contributed by atoms with van der Waals surface area (Å²) in [5.74, 6) is 0.149. The number of nitrogens with one attached hydrogen (secondary N) is 2. The summed E-state index contributed by atoms with van der Waals surface area (Å²) in [5, 5.41) is 24.9. The van der Waals surface area contributed by atoms with Crippen LogP contribution in [0.5, 0.6) is 28.7 Å². The number of hydrogen-bond acceptors (Lipinski definition) is 10. The minimum Gasteiger partial charge on any atom is -0.508 e. The van der Waals surface area contributed by atoms with Crippen LogP contribution in [0.1, 0.15) is 32.6 Å². The van der Waals surface area contributed by atoms with Crippen molar-refractivity contribution in [2.45, 2.75) is 5.60 Å². The minimum atomic E-state index is -1.27. The molecule has 49 heavy (non-hydrogen) atoms. The first-order chi connectivity index (χ1) is 23.8. The van der Waals surface area contributed by atoms with E-state index in [1.54, 1.807) is 66.7 Å². The van der Waals surface area contributed by atoms with Crippen molar-refractivity contribution in [1.82, 2.24) is 10.6 Å². The van der Waals surface area contributed by atoms with Gasteiger partial charge in [0.15, 0.2) is 12.2 Å². The highest BCUT2D eigenvalue weighted by molar-refractivity contribution is 5.97. The number of fused-ring (bicyclic) bond motifs is 6. The maximum absolute atomic E-state index is 12.9. The van der Waals surface area contributed by atoms with Gasteiger partial charge in [-0.3, -0.25) is 9.59 Å². The van der Waals surface area contributed by atoms with E-state index in [0.29, 0.717) is 65.9 Å². The highest BCUT2D eigenvalue weighted by Gasteiger charge is 2.53. The summed E-state index contributed by atoms with van der Waals surface area (Å²) >= 11 is 0. The third-order valence-electron chi connectivity index (χ3n) is 7.85. The molecule has 252 valence electrons. The fourth-order valence-corrected chi connectivity index (χ4v) is 5.58. The van der Waals surface area contributed by atoms with Gasteiger partial charge in [-0.2, -0.15) is 0 Å². The SMILES string of the molecule is O=C(/C=C/c1ccc(O)cc1)NCCOCCOCCNC(=O)COc1ccc2c(c1)Oc1cc(O)ccc1C21OC(=O)c2ccccc21. The second-order valence-electron chi connectivity index (χ2n) is 11.1. The third kappa shape index (κ3) is 7.51. The molecule has 1 spiro atoms. The second kappa shape index (κ2) is 14.9. The van der Waals surface area contributed by atoms with Crippen molar-refractivity contribution in [3.05, 3.63) is 119 Å². The first-order valence-corrected chi connectivity index (χ1v) is 15.6. The standard InChI is InChI=1S/C37H34N2O10/c40-25-8-5-24(6-9-25)7-14-34(42)38-15-17-45-19-20-46-18-16-39-35(43)23-47-27-11-13-31-33(22-27)48-32-21-26(41)10-12-30(32)37(31)29-4-2-1-3-28(29)36(44)49-37/h1-14,21-22,40-41H,15-20,23H2,(H,38,42)(H,39,43)/b14-7+. The zero-order chi connectivity index (χ0) is 34.2. The fourth-order valence-electron chi connectivity index (χ4n) is 5.58. The molecular weight excluding hydrogens is 632 g/mol. The van der Waals surface area contributed by atoms with Crippen molar-refractivity contribution in [2.75, 3.05) is 46.1 Å². The van der Waals surface area contributed by atoms with Gasteiger partial charge in [-0.1, -0.05) is 30.3 Å². The summed E-state index contributed by atoms with van der Waals surface area (Å²) in [6.07, 6.45) is 3.06. The first-order valence-electron chi connectivity index (χ1n) is 15.6. The molecular formula is C37H34N2O10. The van der Waals surface area contributed by atoms with E-state index >= 15 is 0 Å². The lowest BCUT2D eigenvalue weighted by molar-refractivity contribution is -0.123. The fraction of sp³-hybridized carbons (Fsp3) is 0.216. The molecule has 2 aliphatic heterocycles. The Morgan fingerprint density at radius 2 is 1.43 bits per heavy atom. The average molecular weight is 667 g/mol. The monoisotopic (exact) mass is 666 g/mol. The Morgan fingerprint density at radius 1 is 0.755 bits per heavy atom. The number of rotatable bonds is 14. The van der Waals surface area contributed by atoms with E-state index in [2.05, 4.69) is 10.6 Å². The molecule has 0 aromatic heterocycles. The van der Waals surface area contributed by atoms with Crippen molar-refractivity contribution in [3.8, 4) is 28.7 Å². The van der Waals surface area contributed by atoms with Crippen LogP contribution in [0, 0.1) is 0 Å². The number of hydrogen-bond donors (Lipinski definition) is 4. The minimum absolute atomic E-state index is 0.00589. The van der Waals surface area contributed by atoms with Gasteiger partial charge >= 0.3 is 5.97 Å². The summed E-state index contributed by atoms with van der Waals surface area (Å²) < 4.78 is 28.9. The van der Waals surface area contributed by atoms with Crippen LogP contribution >= 0.6 is 0 Å². The van der Waals surface area contributed by atoms with E-state index in [9.17, 15) is 24.6 Å². The highest BCUT2D eigenvalue weighted by Crippen LogP contribution is 2.56. The van der Waals surface area contributed by atoms with Gasteiger partial charge in [-0.15, -0.1) is 0 Å². The van der Waals surface area contributed by atoms with E-state index in [4.69, 9.17) is 23.7 Å². The molecule has 4 aromatic carbocycles. The summed E-state index contributed by atoms with van der Waals surface area (Å²) in [5.41, 5.74) is 1.81. The topological polar surface area (TPSA) is 162 Å². The maximum atomic E-state index is 12.9. The number of benzene rings is 4. The van der Waals surface area contributed by atoms with Crippen LogP contribution in [-0.4, -0.2) is 74.1 Å². The van der Waals surface area contributed by atoms with E-state index in [-0.39, 0.29) is 43.1 Å². The predicted octanol–water partition coefficient (Wildman–Crippen LogP) is 4.02. The molecule has 0 bridgehead atoms. The highest BCUT2D eigenvalue weighted by atomic mass is 16.6. The van der Waals surface area contributed by atoms with E-state index in [1.807, 2.05) is 12.1 Å². The van der Waals surface area contributed by atoms with E-state index in [1.165, 1.54) is 18.2 Å². The summed E-state index contributed by atoms with van der Waals surface area (Å²) in [7, 11) is 0. The Labute approximate surface area is 281 Å². The number of esters is 1. The zero-order valence-electron chi connectivity index (χ0n) is 26.3. The van der Waals surface area contributed by atoms with Gasteiger partial charge in [-0.05, 0) is 54.1 Å². The molecule has 2 heterocycles. The molecule has 2 amide bonds. The predicted molar refractivity (Wildman–Crippen MR) is 177 cm³/mol. The molecule has 0 saturated carbocycles. The van der Waals surface area contributed by atoms with Crippen LogP contribution in [0.25, 0.3) is 6.08 Å². The molecule has 0 saturated heterocycles. The van der Waals surface area contributed by atoms with Gasteiger partial charge in [0.25, 0.3) is 5.91 Å². The summed E-state index contributed by atoms with van der Waals surface area (Å²) in [6, 6.07) is 23.4. The van der Waals surface area contributed by atoms with Gasteiger partial charge in [0.1, 0.15) is 28.7 Å². The molecule has 2 aliphatic rings. The van der Waals surface area contributed by atoms with Crippen molar-refractivity contribution >= 4 is 23.9 Å². The summed E-state index contributed by atoms with van der Waals surface area (Å²) in [6.45, 7) is 1.59. The molecule has 1 unspecified atom stereocenters. The zero-order valence-corrected chi connectivity index (χ0v) is 26.3. The van der Waals surface area contributed by atoms with Crippen molar-refractivity contribution in [2.24, 2.45) is 0 Å². The molecule has 12 heteroatoms. The lowest BCUT2D eigenvalue weighted by Gasteiger charge is -2.36. The Hall–Kier alpha value is -5.85. The third-order valence-corrected chi connectivity index (χ3v) is 7.85. The van der Waals surface area contributed by atoms with Crippen LogP contribution < -0.4 is 20.1 Å². The molecule has 0 aliphatic carbocycles. The van der Waals surface area contributed by atoms with Crippen LogP contribution in [0.2, 0.25) is 0 Å². The lowest BCUT2D eigenvalue weighted by Crippen LogP contribution is -2.33. The molecule has 4 N–H and O–H groups in total. The number of phenols is 2. The van der Waals surface area contributed by atoms with Gasteiger partial charge < -0.3 is 44.5 Å². The largest absolute Gasteiger partial charge is 0.508 e. The van der Waals surface area contributed by atoms with Crippen molar-refractivity contribution in [1.29, 1.82) is 0 Å². The number of ether oxygens (including phenoxy) is 5.